The van der Waals surface area contributed by atoms with Crippen molar-refractivity contribution in [3.8, 4) is 11.8 Å². The second-order valence-electron chi connectivity index (χ2n) is 5.84. The van der Waals surface area contributed by atoms with Gasteiger partial charge in [-0.05, 0) is 29.2 Å². The Labute approximate surface area is 137 Å². The Morgan fingerprint density at radius 3 is 2.43 bits per heavy atom. The lowest BCUT2D eigenvalue weighted by atomic mass is 9.90. The Hall–Kier alpha value is -2.57. The highest BCUT2D eigenvalue weighted by Gasteiger charge is 2.22. The number of carbonyl (C=O) groups is 1. The largest absolute Gasteiger partial charge is 0.289 e. The first-order valence-electron chi connectivity index (χ1n) is 7.69. The smallest absolute Gasteiger partial charge is 0.255 e. The van der Waals surface area contributed by atoms with Crippen LogP contribution in [0.3, 0.4) is 0 Å². The molecule has 0 fully saturated rings. The zero-order chi connectivity index (χ0) is 16.7. The van der Waals surface area contributed by atoms with Gasteiger partial charge in [0.2, 0.25) is 0 Å². The van der Waals surface area contributed by atoms with Crippen LogP contribution in [-0.4, -0.2) is 11.1 Å². The van der Waals surface area contributed by atoms with Gasteiger partial charge in [0.05, 0.1) is 5.92 Å². The van der Waals surface area contributed by atoms with E-state index in [1.54, 1.807) is 5.48 Å². The second kappa shape index (κ2) is 8.17. The van der Waals surface area contributed by atoms with Gasteiger partial charge in [-0.25, -0.2) is 5.48 Å². The molecule has 1 amide bonds. The fourth-order valence-corrected chi connectivity index (χ4v) is 2.36. The Bertz CT molecular complexity index is 711. The lowest BCUT2D eigenvalue weighted by Gasteiger charge is -2.16. The Kier molecular flexibility index (Phi) is 5.96. The summed E-state index contributed by atoms with van der Waals surface area (Å²) < 4.78 is 0. The molecular weight excluding hydrogens is 286 g/mol. The molecule has 0 bridgehead atoms. The highest BCUT2D eigenvalue weighted by atomic mass is 16.5. The number of carbonyl (C=O) groups excluding carboxylic acids is 1. The zero-order valence-corrected chi connectivity index (χ0v) is 13.4. The normalized spacial score (nSPS) is 11.5. The molecule has 2 N–H and O–H groups in total. The van der Waals surface area contributed by atoms with Gasteiger partial charge in [-0.1, -0.05) is 68.2 Å². The Morgan fingerprint density at radius 2 is 1.78 bits per heavy atom. The van der Waals surface area contributed by atoms with Gasteiger partial charge in [-0.15, -0.1) is 0 Å². The Morgan fingerprint density at radius 1 is 1.09 bits per heavy atom. The summed E-state index contributed by atoms with van der Waals surface area (Å²) in [5.74, 6) is 5.80. The number of amides is 1. The summed E-state index contributed by atoms with van der Waals surface area (Å²) in [4.78, 5) is 12.1. The molecule has 0 saturated heterocycles. The third kappa shape index (κ3) is 4.70. The van der Waals surface area contributed by atoms with Crippen LogP contribution in [0.1, 0.15) is 42.9 Å². The monoisotopic (exact) mass is 307 g/mol. The molecule has 0 radical (unpaired) electrons. The lowest BCUT2D eigenvalue weighted by molar-refractivity contribution is -0.129. The van der Waals surface area contributed by atoms with E-state index in [1.165, 1.54) is 0 Å². The average molecular weight is 307 g/mol. The van der Waals surface area contributed by atoms with Gasteiger partial charge in [0.15, 0.2) is 0 Å². The van der Waals surface area contributed by atoms with Crippen molar-refractivity contribution in [2.75, 3.05) is 0 Å². The van der Waals surface area contributed by atoms with Gasteiger partial charge < -0.3 is 0 Å². The molecule has 0 aliphatic carbocycles. The summed E-state index contributed by atoms with van der Waals surface area (Å²) in [6.45, 7) is 4.25. The molecule has 118 valence electrons. The van der Waals surface area contributed by atoms with E-state index >= 15 is 0 Å². The topological polar surface area (TPSA) is 49.3 Å². The van der Waals surface area contributed by atoms with Gasteiger partial charge in [-0.2, -0.15) is 0 Å². The van der Waals surface area contributed by atoms with Crippen LogP contribution in [0.15, 0.2) is 54.6 Å². The van der Waals surface area contributed by atoms with Crippen molar-refractivity contribution in [2.45, 2.75) is 26.2 Å². The van der Waals surface area contributed by atoms with Gasteiger partial charge in [0.1, 0.15) is 0 Å². The van der Waals surface area contributed by atoms with Crippen LogP contribution in [0.25, 0.3) is 0 Å². The number of hydrogen-bond donors (Lipinski definition) is 2. The van der Waals surface area contributed by atoms with E-state index in [4.69, 9.17) is 5.21 Å². The van der Waals surface area contributed by atoms with Crippen LogP contribution in [0.4, 0.5) is 0 Å². The van der Waals surface area contributed by atoms with Crippen LogP contribution >= 0.6 is 0 Å². The molecule has 2 rings (SSSR count). The lowest BCUT2D eigenvalue weighted by Crippen LogP contribution is -2.27. The van der Waals surface area contributed by atoms with E-state index in [-0.39, 0.29) is 0 Å². The maximum atomic E-state index is 12.1. The molecule has 1 unspecified atom stereocenters. The molecule has 3 heteroatoms. The molecule has 0 aliphatic rings. The fourth-order valence-electron chi connectivity index (χ4n) is 2.36. The third-order valence-electron chi connectivity index (χ3n) is 3.47. The number of nitrogens with one attached hydrogen (secondary N) is 1. The Balaban J connectivity index is 2.36. The van der Waals surface area contributed by atoms with Crippen molar-refractivity contribution in [2.24, 2.45) is 5.92 Å². The van der Waals surface area contributed by atoms with Gasteiger partial charge in [0.25, 0.3) is 5.91 Å². The van der Waals surface area contributed by atoms with Crippen molar-refractivity contribution in [3.63, 3.8) is 0 Å². The van der Waals surface area contributed by atoms with Crippen LogP contribution in [0.2, 0.25) is 0 Å². The minimum atomic E-state index is -0.562. The summed E-state index contributed by atoms with van der Waals surface area (Å²) in [6.07, 6.45) is 0.837. The molecule has 2 aromatic carbocycles. The van der Waals surface area contributed by atoms with Crippen molar-refractivity contribution in [3.05, 3.63) is 71.3 Å². The molecule has 3 nitrogen and oxygen atoms in total. The summed E-state index contributed by atoms with van der Waals surface area (Å²) in [5.41, 5.74) is 4.26. The highest BCUT2D eigenvalue weighted by molar-refractivity contribution is 5.86. The fraction of sp³-hybridized carbons (Fsp3) is 0.250. The van der Waals surface area contributed by atoms with E-state index in [0.29, 0.717) is 5.92 Å². The van der Waals surface area contributed by atoms with Crippen LogP contribution in [0.5, 0.6) is 0 Å². The van der Waals surface area contributed by atoms with Crippen molar-refractivity contribution in [1.82, 2.24) is 5.48 Å². The molecule has 0 aromatic heterocycles. The summed E-state index contributed by atoms with van der Waals surface area (Å²) in [6, 6.07) is 17.0. The maximum Gasteiger partial charge on any atom is 0.255 e. The highest BCUT2D eigenvalue weighted by Crippen LogP contribution is 2.25. The molecule has 1 atom stereocenters. The molecule has 0 spiro atoms. The van der Waals surface area contributed by atoms with Crippen molar-refractivity contribution < 1.29 is 10.0 Å². The predicted molar refractivity (Wildman–Crippen MR) is 91.0 cm³/mol. The number of hydrogen-bond acceptors (Lipinski definition) is 2. The first-order valence-corrected chi connectivity index (χ1v) is 7.69. The van der Waals surface area contributed by atoms with Gasteiger partial charge in [-0.3, -0.25) is 10.0 Å². The van der Waals surface area contributed by atoms with E-state index in [9.17, 15) is 4.79 Å². The number of benzene rings is 2. The average Bonchev–Trinajstić information content (AvgIpc) is 2.56. The van der Waals surface area contributed by atoms with Crippen molar-refractivity contribution >= 4 is 5.91 Å². The van der Waals surface area contributed by atoms with E-state index in [2.05, 4.69) is 25.7 Å². The summed E-state index contributed by atoms with van der Waals surface area (Å²) >= 11 is 0. The van der Waals surface area contributed by atoms with Crippen LogP contribution in [-0.2, 0) is 4.79 Å². The van der Waals surface area contributed by atoms with Crippen LogP contribution in [0, 0.1) is 17.8 Å². The van der Waals surface area contributed by atoms with Crippen LogP contribution < -0.4 is 5.48 Å². The van der Waals surface area contributed by atoms with E-state index < -0.39 is 11.8 Å². The second-order valence-corrected chi connectivity index (χ2v) is 5.84. The number of hydroxylamine groups is 1. The first-order chi connectivity index (χ1) is 11.1. The summed E-state index contributed by atoms with van der Waals surface area (Å²) in [5, 5.41) is 9.07. The quantitative estimate of drug-likeness (QED) is 0.514. The minimum absolute atomic E-state index is 0.455. The zero-order valence-electron chi connectivity index (χ0n) is 13.4. The third-order valence-corrected chi connectivity index (χ3v) is 3.47. The minimum Gasteiger partial charge on any atom is -0.289 e. The van der Waals surface area contributed by atoms with E-state index in [0.717, 1.165) is 23.1 Å². The molecule has 2 aromatic rings. The first kappa shape index (κ1) is 16.8. The van der Waals surface area contributed by atoms with Gasteiger partial charge >= 0.3 is 0 Å². The predicted octanol–water partition coefficient (Wildman–Crippen LogP) is 3.72. The van der Waals surface area contributed by atoms with E-state index in [1.807, 2.05) is 54.6 Å². The van der Waals surface area contributed by atoms with Gasteiger partial charge in [0, 0.05) is 12.0 Å². The standard InChI is InChI=1S/C20H21NO2/c1-15(2)8-6-9-16-10-7-13-18(14-16)19(20(22)21-23)17-11-4-3-5-12-17/h3-5,7,10-15,19,23H,8H2,1-2H3,(H,21,22). The van der Waals surface area contributed by atoms with Crippen molar-refractivity contribution in [1.29, 1.82) is 0 Å². The molecular formula is C20H21NO2. The summed E-state index contributed by atoms with van der Waals surface area (Å²) in [7, 11) is 0. The molecule has 0 aliphatic heterocycles. The molecule has 0 heterocycles. The molecule has 23 heavy (non-hydrogen) atoms. The maximum absolute atomic E-state index is 12.1. The molecule has 0 saturated carbocycles. The number of rotatable bonds is 4. The SMILES string of the molecule is CC(C)CC#Cc1cccc(C(C(=O)NO)c2ccccc2)c1.